The van der Waals surface area contributed by atoms with Crippen molar-refractivity contribution in [3.8, 4) is 11.1 Å². The highest BCUT2D eigenvalue weighted by molar-refractivity contribution is 7.16. The molecule has 0 radical (unpaired) electrons. The van der Waals surface area contributed by atoms with Crippen molar-refractivity contribution in [3.63, 3.8) is 0 Å². The summed E-state index contributed by atoms with van der Waals surface area (Å²) in [6.45, 7) is 4.25. The monoisotopic (exact) mass is 285 g/mol. The Morgan fingerprint density at radius 2 is 1.80 bits per heavy atom. The Bertz CT molecular complexity index is 676. The summed E-state index contributed by atoms with van der Waals surface area (Å²) in [5.41, 5.74) is 5.25. The van der Waals surface area contributed by atoms with Crippen LogP contribution < -0.4 is 5.32 Å². The fourth-order valence-corrected chi connectivity index (χ4v) is 2.44. The van der Waals surface area contributed by atoms with Gasteiger partial charge in [0.2, 0.25) is 0 Å². The van der Waals surface area contributed by atoms with Crippen molar-refractivity contribution in [1.29, 1.82) is 0 Å². The molecule has 0 unspecified atom stereocenters. The van der Waals surface area contributed by atoms with E-state index in [0.29, 0.717) is 0 Å². The first-order valence-corrected chi connectivity index (χ1v) is 7.63. The van der Waals surface area contributed by atoms with Crippen molar-refractivity contribution in [1.82, 2.24) is 9.97 Å². The van der Waals surface area contributed by atoms with Crippen LogP contribution in [-0.2, 0) is 0 Å². The fraction of sp³-hybridized carbons (Fsp3) is 0.250. The van der Waals surface area contributed by atoms with E-state index in [2.05, 4.69) is 47.3 Å². The van der Waals surface area contributed by atoms with Crippen LogP contribution in [0, 0.1) is 0 Å². The van der Waals surface area contributed by atoms with Crippen LogP contribution in [0.15, 0.2) is 42.0 Å². The first-order valence-electron chi connectivity index (χ1n) is 6.76. The first kappa shape index (κ1) is 14.5. The summed E-state index contributed by atoms with van der Waals surface area (Å²) in [5.74, 6) is 0.876. The highest BCUT2D eigenvalue weighted by Gasteiger charge is 2.02. The Balaban J connectivity index is 0.000000452. The molecule has 0 saturated heterocycles. The molecule has 3 nitrogen and oxygen atoms in total. The fourth-order valence-electron chi connectivity index (χ4n) is 1.78. The molecule has 0 fully saturated rings. The van der Waals surface area contributed by atoms with Gasteiger partial charge in [-0.05, 0) is 35.4 Å². The second-order valence-corrected chi connectivity index (χ2v) is 5.31. The predicted molar refractivity (Wildman–Crippen MR) is 88.4 cm³/mol. The van der Waals surface area contributed by atoms with Crippen LogP contribution >= 0.6 is 11.3 Å². The molecule has 0 bridgehead atoms. The van der Waals surface area contributed by atoms with E-state index < -0.39 is 0 Å². The zero-order valence-corrected chi connectivity index (χ0v) is 12.9. The second kappa shape index (κ2) is 7.01. The van der Waals surface area contributed by atoms with Gasteiger partial charge in [-0.25, -0.2) is 9.97 Å². The minimum absolute atomic E-state index is 0.876. The van der Waals surface area contributed by atoms with Gasteiger partial charge in [-0.1, -0.05) is 26.3 Å². The summed E-state index contributed by atoms with van der Waals surface area (Å²) < 4.78 is 1.22. The van der Waals surface area contributed by atoms with Gasteiger partial charge >= 0.3 is 0 Å². The van der Waals surface area contributed by atoms with Crippen LogP contribution in [0.5, 0.6) is 0 Å². The third kappa shape index (κ3) is 3.33. The molecule has 0 aliphatic rings. The summed E-state index contributed by atoms with van der Waals surface area (Å²) in [6.07, 6.45) is 3.06. The van der Waals surface area contributed by atoms with Gasteiger partial charge in [0.25, 0.3) is 0 Å². The molecule has 3 aromatic rings. The number of benzene rings is 1. The number of hydrogen-bond donors (Lipinski definition) is 1. The number of fused-ring (bicyclic) bond motifs is 1. The van der Waals surface area contributed by atoms with Crippen molar-refractivity contribution in [2.45, 2.75) is 20.3 Å². The molecule has 104 valence electrons. The van der Waals surface area contributed by atoms with Crippen molar-refractivity contribution in [2.75, 3.05) is 12.4 Å². The number of nitrogens with one attached hydrogen (secondary N) is 1. The topological polar surface area (TPSA) is 37.8 Å². The van der Waals surface area contributed by atoms with E-state index in [9.17, 15) is 0 Å². The normalized spacial score (nSPS) is 9.95. The quantitative estimate of drug-likeness (QED) is 0.733. The van der Waals surface area contributed by atoms with Crippen molar-refractivity contribution < 1.29 is 0 Å². The van der Waals surface area contributed by atoms with Gasteiger partial charge in [0.05, 0.1) is 15.7 Å². The van der Waals surface area contributed by atoms with Crippen molar-refractivity contribution in [2.24, 2.45) is 0 Å². The summed E-state index contributed by atoms with van der Waals surface area (Å²) in [7, 11) is 1.87. The van der Waals surface area contributed by atoms with Gasteiger partial charge < -0.3 is 5.32 Å². The zero-order valence-electron chi connectivity index (χ0n) is 12.1. The number of hydrogen-bond acceptors (Lipinski definition) is 4. The Labute approximate surface area is 123 Å². The van der Waals surface area contributed by atoms with Gasteiger partial charge in [-0.3, -0.25) is 0 Å². The highest BCUT2D eigenvalue weighted by Crippen LogP contribution is 2.26. The second-order valence-electron chi connectivity index (χ2n) is 4.42. The van der Waals surface area contributed by atoms with Crippen LogP contribution in [-0.4, -0.2) is 17.0 Å². The lowest BCUT2D eigenvalue weighted by Crippen LogP contribution is -1.91. The minimum atomic E-state index is 0.876. The molecular weight excluding hydrogens is 266 g/mol. The van der Waals surface area contributed by atoms with E-state index in [4.69, 9.17) is 0 Å². The van der Waals surface area contributed by atoms with E-state index >= 15 is 0 Å². The molecule has 2 aromatic heterocycles. The minimum Gasteiger partial charge on any atom is -0.373 e. The lowest BCUT2D eigenvalue weighted by molar-refractivity contribution is 1.09. The number of aromatic nitrogens is 2. The highest BCUT2D eigenvalue weighted by atomic mass is 32.1. The Hall–Kier alpha value is -1.94. The molecule has 20 heavy (non-hydrogen) atoms. The molecule has 1 N–H and O–H groups in total. The first-order chi connectivity index (χ1) is 9.78. The van der Waals surface area contributed by atoms with Crippen molar-refractivity contribution in [3.05, 3.63) is 42.0 Å². The van der Waals surface area contributed by atoms with Crippen LogP contribution in [0.25, 0.3) is 21.3 Å². The molecule has 2 heterocycles. The molecule has 4 heteroatoms. The van der Waals surface area contributed by atoms with E-state index in [1.165, 1.54) is 16.7 Å². The molecule has 0 saturated carbocycles. The Morgan fingerprint density at radius 3 is 2.55 bits per heavy atom. The van der Waals surface area contributed by atoms with Crippen LogP contribution in [0.4, 0.5) is 5.82 Å². The summed E-state index contributed by atoms with van der Waals surface area (Å²) in [4.78, 5) is 8.55. The zero-order chi connectivity index (χ0) is 14.4. The summed E-state index contributed by atoms with van der Waals surface area (Å²) in [6, 6.07) is 10.4. The summed E-state index contributed by atoms with van der Waals surface area (Å²) >= 11 is 1.66. The van der Waals surface area contributed by atoms with E-state index in [1.807, 2.05) is 30.9 Å². The Morgan fingerprint density at radius 1 is 1.05 bits per heavy atom. The molecule has 1 aromatic carbocycles. The van der Waals surface area contributed by atoms with Gasteiger partial charge in [-0.15, -0.1) is 11.3 Å². The SMILES string of the molecule is CCC.CNc1cc(-c2ccc3scnc3c2)ccn1. The number of anilines is 1. The molecular formula is C16H19N3S. The lowest BCUT2D eigenvalue weighted by atomic mass is 10.1. The predicted octanol–water partition coefficient (Wildman–Crippen LogP) is 4.82. The Kier molecular flexibility index (Phi) is 5.07. The summed E-state index contributed by atoms with van der Waals surface area (Å²) in [5, 5.41) is 3.04. The van der Waals surface area contributed by atoms with Crippen LogP contribution in [0.1, 0.15) is 20.3 Å². The maximum atomic E-state index is 4.33. The average Bonchev–Trinajstić information content (AvgIpc) is 2.95. The maximum absolute atomic E-state index is 4.33. The van der Waals surface area contributed by atoms with Gasteiger partial charge in [-0.2, -0.15) is 0 Å². The van der Waals surface area contributed by atoms with Gasteiger partial charge in [0.1, 0.15) is 5.82 Å². The smallest absolute Gasteiger partial charge is 0.126 e. The molecule has 0 aliphatic carbocycles. The average molecular weight is 285 g/mol. The van der Waals surface area contributed by atoms with E-state index in [0.717, 1.165) is 16.9 Å². The molecule has 0 spiro atoms. The van der Waals surface area contributed by atoms with Crippen LogP contribution in [0.2, 0.25) is 0 Å². The number of rotatable bonds is 2. The van der Waals surface area contributed by atoms with Crippen molar-refractivity contribution >= 4 is 27.4 Å². The third-order valence-electron chi connectivity index (χ3n) is 2.68. The maximum Gasteiger partial charge on any atom is 0.126 e. The van der Waals surface area contributed by atoms with E-state index in [-0.39, 0.29) is 0 Å². The van der Waals surface area contributed by atoms with Gasteiger partial charge in [0.15, 0.2) is 0 Å². The molecule has 0 amide bonds. The number of nitrogens with zero attached hydrogens (tertiary/aromatic N) is 2. The lowest BCUT2D eigenvalue weighted by Gasteiger charge is -2.04. The third-order valence-corrected chi connectivity index (χ3v) is 3.49. The molecule has 3 rings (SSSR count). The molecule has 0 aliphatic heterocycles. The van der Waals surface area contributed by atoms with Crippen LogP contribution in [0.3, 0.4) is 0 Å². The number of thiazole rings is 1. The largest absolute Gasteiger partial charge is 0.373 e. The number of pyridine rings is 1. The van der Waals surface area contributed by atoms with E-state index in [1.54, 1.807) is 11.3 Å². The van der Waals surface area contributed by atoms with Gasteiger partial charge in [0, 0.05) is 13.2 Å². The molecule has 0 atom stereocenters. The standard InChI is InChI=1S/C13H11N3S.C3H8/c1-14-13-7-10(4-5-15-13)9-2-3-12-11(6-9)16-8-17-12;1-3-2/h2-8H,1H3,(H,14,15);3H2,1-2H3.